The molecular weight excluding hydrogens is 2050 g/mol. The Hall–Kier alpha value is -6.16. The smallest absolute Gasteiger partial charge is 0.408 e. The minimum absolute atomic E-state index is 0. The van der Waals surface area contributed by atoms with Crippen LogP contribution in [0, 0.1) is 4.93 Å². The Kier molecular flexibility index (Phi) is 53.2. The molecule has 10 rings (SSSR count). The summed E-state index contributed by atoms with van der Waals surface area (Å²) >= 11 is 8.85. The fourth-order valence-corrected chi connectivity index (χ4v) is 15.7. The third-order valence-corrected chi connectivity index (χ3v) is 22.7. The van der Waals surface area contributed by atoms with Crippen molar-refractivity contribution in [3.05, 3.63) is 235 Å². The molecule has 1 fully saturated rings. The number of carbonyl (C=O) groups is 7. The summed E-state index contributed by atoms with van der Waals surface area (Å²) in [4.78, 5) is 89.3. The molecule has 6 aromatic carbocycles. The van der Waals surface area contributed by atoms with Gasteiger partial charge in [-0.3, -0.25) is 9.73 Å². The number of alkyl carbamates (subject to hydrolysis) is 3. The standard InChI is InChI=1S/C32H42N2O4.2C26H31NO4.C11H21NO2.CHI3.CH2I.ClH.V/c1-3-4-5-6-7-15-22-32(2,30(35)34(37)24-16-9-8-10-17-24)33-31(36)38-23-29-27-20-13-11-18-25(27)26-19-12-14-21-28(26)29;2*1-3-4-5-6-7-12-17-26(2,24(28)29)27-25(30)31-18-23-21-15-10-8-13-19(21)20-14-9-11-16-22(20)23;1-3-4-5-6-7-8-9-11(2,12)10(13)14;2-1(3)4;1-2;;/h3,11-14,18-21,24,29,37H,1,4-10,15-17,22-23H2,2H3,(H,33,36);2*3,8-11,13-16,23H,1,4-7,12,17-18H2,2H3,(H,27,30)(H,28,29);3H,1,4-9,12H2,2H3,(H,13,14);1H;1H2;1H;/q;;;;;-1;;/p+1/t32-;2*26-;11-;;;;/m1111..../s1. The van der Waals surface area contributed by atoms with E-state index in [0.717, 1.165) is 216 Å². The monoisotopic (exact) mass is 2180 g/mol. The van der Waals surface area contributed by atoms with Gasteiger partial charge in [0, 0.05) is 49.2 Å². The Morgan fingerprint density at radius 3 is 0.893 bits per heavy atom. The molecule has 667 valence electrons. The molecule has 5 atom stereocenters. The average molecular weight is 2180 g/mol. The zero-order valence-corrected chi connectivity index (χ0v) is 82.4. The summed E-state index contributed by atoms with van der Waals surface area (Å²) in [5, 5.41) is 47.0. The molecule has 4 amide bonds. The van der Waals surface area contributed by atoms with Gasteiger partial charge in [0.05, 0.1) is 0 Å². The van der Waals surface area contributed by atoms with Crippen LogP contribution in [0.3, 0.4) is 0 Å². The number of amides is 4. The van der Waals surface area contributed by atoms with E-state index >= 15 is 0 Å². The quantitative estimate of drug-likeness (QED) is 0.00252. The van der Waals surface area contributed by atoms with Crippen molar-refractivity contribution in [1.82, 2.24) is 16.0 Å². The molecule has 0 aromatic heterocycles. The normalized spacial score (nSPS) is 14.8. The van der Waals surface area contributed by atoms with Crippen molar-refractivity contribution in [2.24, 2.45) is 5.73 Å². The number of aliphatic carboxylic acids is 3. The number of rotatable bonds is 42. The molecule has 122 heavy (non-hydrogen) atoms. The molecule has 6 aromatic rings. The van der Waals surface area contributed by atoms with E-state index in [4.69, 9.17) is 25.1 Å². The van der Waals surface area contributed by atoms with E-state index in [1.54, 1.807) is 27.7 Å². The summed E-state index contributed by atoms with van der Waals surface area (Å²) in [7, 11) is 0. The number of quaternary nitrogens is 1. The Morgan fingerprint density at radius 1 is 0.418 bits per heavy atom. The Balaban J connectivity index is 0.000000424. The number of carboxylic acid groups (broad SMARTS) is 3. The van der Waals surface area contributed by atoms with Gasteiger partial charge in [0.25, 0.3) is 0 Å². The van der Waals surface area contributed by atoms with Gasteiger partial charge >= 0.3 is 42.1 Å². The molecule has 1 unspecified atom stereocenters. The van der Waals surface area contributed by atoms with Gasteiger partial charge in [-0.1, -0.05) is 321 Å². The number of alkyl halides is 3. The summed E-state index contributed by atoms with van der Waals surface area (Å²) < 4.78 is 17.6. The van der Waals surface area contributed by atoms with Crippen molar-refractivity contribution in [2.45, 2.75) is 260 Å². The third-order valence-electron chi connectivity index (χ3n) is 22.7. The number of carboxylic acids is 3. The fourth-order valence-electron chi connectivity index (χ4n) is 15.7. The number of allylic oxidation sites excluding steroid dienone is 4. The van der Waals surface area contributed by atoms with Crippen LogP contribution in [0.25, 0.3) is 33.4 Å². The molecule has 19 nitrogen and oxygen atoms in total. The van der Waals surface area contributed by atoms with Gasteiger partial charge < -0.3 is 73.8 Å². The SMILES string of the molecule is C=CCCCCCC[C@@](C)(N)C(=O)O.C=CCCCCCC[C@@](C)(NC(=O)OCC1c2ccccc2-c2ccccc21)C(=O)O.C=CCCCCCC[C@@](C)(NC(=O)OCC1c2ccccc2-c2ccccc21)C(=O)O.C=CCCCCCC[C@@](C)(NC(=O)OCC1c2ccccc2-c2ccccc21)C(=O)[NH+](O)C1CCCCC1.Cl.IC(I)I.[CH2-]I.[V]. The van der Waals surface area contributed by atoms with Crippen molar-refractivity contribution >= 4 is 145 Å². The van der Waals surface area contributed by atoms with Crippen molar-refractivity contribution < 1.29 is 91.9 Å². The van der Waals surface area contributed by atoms with Crippen LogP contribution < -0.4 is 26.7 Å². The number of benzene rings is 6. The largest absolute Gasteiger partial charge is 0.480 e. The zero-order chi connectivity index (χ0) is 88.1. The molecule has 0 spiro atoms. The maximum absolute atomic E-state index is 13.6. The summed E-state index contributed by atoms with van der Waals surface area (Å²) in [5.41, 5.74) is 14.3. The number of carbonyl (C=O) groups excluding carboxylic acids is 4. The first-order valence-corrected chi connectivity index (χ1v) is 47.5. The van der Waals surface area contributed by atoms with Crippen molar-refractivity contribution in [2.75, 3.05) is 19.8 Å². The van der Waals surface area contributed by atoms with Gasteiger partial charge in [0.15, 0.2) is 5.54 Å². The molecule has 1 saturated carbocycles. The first kappa shape index (κ1) is 110. The van der Waals surface area contributed by atoms with E-state index in [0.29, 0.717) is 25.7 Å². The topological polar surface area (TPSA) is 295 Å². The van der Waals surface area contributed by atoms with Crippen LogP contribution in [-0.4, -0.2) is 111 Å². The van der Waals surface area contributed by atoms with Crippen LogP contribution in [0.2, 0.25) is 0 Å². The molecule has 0 bridgehead atoms. The number of hydrogen-bond donors (Lipinski definition) is 9. The van der Waals surface area contributed by atoms with E-state index in [9.17, 15) is 49.0 Å². The summed E-state index contributed by atoms with van der Waals surface area (Å²) in [5.74, 6) is -3.55. The van der Waals surface area contributed by atoms with Gasteiger partial charge in [-0.2, -0.15) is 0 Å². The van der Waals surface area contributed by atoms with Crippen LogP contribution in [0.5, 0.6) is 0 Å². The molecule has 0 heterocycles. The molecule has 4 aliphatic carbocycles. The first-order valence-electron chi connectivity index (χ1n) is 42.2. The minimum atomic E-state index is -1.35. The van der Waals surface area contributed by atoms with E-state index in [1.165, 1.54) is 11.1 Å². The van der Waals surface area contributed by atoms with E-state index in [2.05, 4.69) is 188 Å². The summed E-state index contributed by atoms with van der Waals surface area (Å²) in [6.07, 6.45) is 31.5. The average Bonchev–Trinajstić information content (AvgIpc) is 1.63. The van der Waals surface area contributed by atoms with E-state index in [1.807, 2.05) is 120 Å². The number of nitrogens with two attached hydrogens (primary N) is 1. The number of hydroxylamine groups is 2. The van der Waals surface area contributed by atoms with Crippen molar-refractivity contribution in [3.8, 4) is 33.4 Å². The van der Waals surface area contributed by atoms with Crippen molar-refractivity contribution in [3.63, 3.8) is 0 Å². The molecule has 1 radical (unpaired) electrons. The predicted molar refractivity (Wildman–Crippen MR) is 524 cm³/mol. The van der Waals surface area contributed by atoms with E-state index in [-0.39, 0.29) is 85.5 Å². The Morgan fingerprint density at radius 2 is 0.648 bits per heavy atom. The van der Waals surface area contributed by atoms with Gasteiger partial charge in [0.2, 0.25) is 0 Å². The first-order chi connectivity index (χ1) is 57.6. The third kappa shape index (κ3) is 35.6. The van der Waals surface area contributed by atoms with Crippen LogP contribution in [-0.2, 0) is 51.9 Å². The van der Waals surface area contributed by atoms with Gasteiger partial charge in [-0.05, 0) is 184 Å². The zero-order valence-electron chi connectivity index (χ0n) is 71.5. The number of unbranched alkanes of at least 4 members (excludes halogenated alkanes) is 16. The number of halogens is 5. The van der Waals surface area contributed by atoms with Gasteiger partial charge in [-0.15, -0.1) is 43.8 Å². The number of hydrogen-bond acceptors (Lipinski definition) is 12. The Labute approximate surface area is 798 Å². The second kappa shape index (κ2) is 59.0. The summed E-state index contributed by atoms with van der Waals surface area (Å²) in [6, 6.07) is 48.7. The molecule has 0 aliphatic heterocycles. The van der Waals surface area contributed by atoms with Crippen LogP contribution in [0.4, 0.5) is 14.4 Å². The molecule has 25 heteroatoms. The molecule has 0 saturated heterocycles. The maximum Gasteiger partial charge on any atom is 0.408 e. The number of nitrogens with one attached hydrogen (secondary N) is 4. The molecular formula is C97H130ClI4N5O14V. The molecule has 4 aliphatic rings. The fraction of sp³-hybridized carbons (Fsp3) is 0.464. The molecule has 10 N–H and O–H groups in total. The maximum atomic E-state index is 13.6. The van der Waals surface area contributed by atoms with Crippen LogP contribution >= 0.6 is 103 Å². The second-order valence-electron chi connectivity index (χ2n) is 31.9. The van der Waals surface area contributed by atoms with Crippen LogP contribution in [0.15, 0.2) is 196 Å². The number of fused-ring (bicyclic) bond motifs is 9. The summed E-state index contributed by atoms with van der Waals surface area (Å²) in [6.45, 7) is 21.7. The predicted octanol–water partition coefficient (Wildman–Crippen LogP) is 24.3. The van der Waals surface area contributed by atoms with Gasteiger partial charge in [0.1, 0.15) is 42.4 Å². The van der Waals surface area contributed by atoms with Crippen molar-refractivity contribution in [1.29, 1.82) is 0 Å². The van der Waals surface area contributed by atoms with E-state index < -0.39 is 58.3 Å². The Bertz CT molecular complexity index is 3950. The number of ether oxygens (including phenoxy) is 3. The second-order valence-corrected chi connectivity index (χ2v) is 42.8. The van der Waals surface area contributed by atoms with Crippen LogP contribution in [0.1, 0.15) is 265 Å². The van der Waals surface area contributed by atoms with Gasteiger partial charge in [-0.25, -0.2) is 34.0 Å². The minimum Gasteiger partial charge on any atom is -0.480 e.